The van der Waals surface area contributed by atoms with Gasteiger partial charge in [0, 0.05) is 24.3 Å². The zero-order valence-electron chi connectivity index (χ0n) is 19.7. The van der Waals surface area contributed by atoms with Gasteiger partial charge in [-0.15, -0.1) is 11.7 Å². The van der Waals surface area contributed by atoms with E-state index in [-0.39, 0.29) is 11.4 Å². The second-order valence-corrected chi connectivity index (χ2v) is 8.92. The predicted molar refractivity (Wildman–Crippen MR) is 134 cm³/mol. The maximum Gasteiger partial charge on any atom is 0.319 e. The van der Waals surface area contributed by atoms with Crippen LogP contribution in [0.5, 0.6) is 0 Å². The van der Waals surface area contributed by atoms with Crippen molar-refractivity contribution in [1.82, 2.24) is 15.5 Å². The second kappa shape index (κ2) is 10.2. The van der Waals surface area contributed by atoms with Crippen LogP contribution in [0, 0.1) is 0 Å². The molecule has 0 bridgehead atoms. The first-order valence-corrected chi connectivity index (χ1v) is 10.8. The third kappa shape index (κ3) is 6.55. The zero-order valence-corrected chi connectivity index (χ0v) is 19.7. The highest BCUT2D eigenvalue weighted by Crippen LogP contribution is 2.31. The molecule has 7 nitrogen and oxygen atoms in total. The maximum absolute atomic E-state index is 11.7. The van der Waals surface area contributed by atoms with E-state index in [1.54, 1.807) is 6.08 Å². The average molecular weight is 446 g/mol. The molecule has 3 N–H and O–H groups in total. The molecule has 0 atom stereocenters. The lowest BCUT2D eigenvalue weighted by molar-refractivity contribution is 0.253. The molecule has 1 aromatic heterocycles. The van der Waals surface area contributed by atoms with Gasteiger partial charge in [0.25, 0.3) is 0 Å². The number of urea groups is 1. The van der Waals surface area contributed by atoms with Crippen molar-refractivity contribution in [3.05, 3.63) is 78.4 Å². The third-order valence-corrected chi connectivity index (χ3v) is 5.03. The van der Waals surface area contributed by atoms with E-state index in [9.17, 15) is 4.79 Å². The van der Waals surface area contributed by atoms with Crippen LogP contribution in [0.2, 0.25) is 0 Å². The quantitative estimate of drug-likeness (QED) is 0.371. The number of benzene rings is 2. The number of anilines is 2. The third-order valence-electron chi connectivity index (χ3n) is 5.03. The summed E-state index contributed by atoms with van der Waals surface area (Å²) in [6, 6.07) is 13.8. The summed E-state index contributed by atoms with van der Waals surface area (Å²) in [5.74, 6) is 0.455. The first-order valence-electron chi connectivity index (χ1n) is 10.8. The summed E-state index contributed by atoms with van der Waals surface area (Å²) >= 11 is 0. The summed E-state index contributed by atoms with van der Waals surface area (Å²) in [5.41, 5.74) is 5.77. The van der Waals surface area contributed by atoms with E-state index in [1.165, 1.54) is 5.56 Å². The van der Waals surface area contributed by atoms with Gasteiger partial charge in [-0.1, -0.05) is 62.3 Å². The molecule has 33 heavy (non-hydrogen) atoms. The molecule has 0 spiro atoms. The summed E-state index contributed by atoms with van der Waals surface area (Å²) in [4.78, 5) is 11.7. The minimum absolute atomic E-state index is 0.0192. The Balaban J connectivity index is 1.67. The molecule has 3 aromatic rings. The molecule has 0 aliphatic rings. The first kappa shape index (κ1) is 23.8. The van der Waals surface area contributed by atoms with Crippen molar-refractivity contribution in [3.8, 4) is 11.5 Å². The van der Waals surface area contributed by atoms with Gasteiger partial charge in [-0.2, -0.15) is 0 Å². The highest BCUT2D eigenvalue weighted by atomic mass is 16.4. The molecule has 0 fully saturated rings. The smallest absolute Gasteiger partial charge is 0.319 e. The van der Waals surface area contributed by atoms with E-state index < -0.39 is 0 Å². The van der Waals surface area contributed by atoms with Crippen LogP contribution in [-0.2, 0) is 12.0 Å². The summed E-state index contributed by atoms with van der Waals surface area (Å²) in [6.45, 7) is 17.1. The number of carbonyl (C=O) groups is 1. The Kier molecular flexibility index (Phi) is 7.33. The number of hydrogen-bond acceptors (Lipinski definition) is 5. The molecule has 0 aliphatic heterocycles. The minimum atomic E-state index is -0.274. The van der Waals surface area contributed by atoms with E-state index in [4.69, 9.17) is 4.42 Å². The number of amides is 2. The molecule has 0 saturated carbocycles. The van der Waals surface area contributed by atoms with E-state index in [0.29, 0.717) is 30.7 Å². The highest BCUT2D eigenvalue weighted by molar-refractivity contribution is 5.89. The Bertz CT molecular complexity index is 1140. The number of aromatic nitrogens is 2. The SMILES string of the molecule is C=CCNC(=O)Nc1ccc(CNc2nnc(-c3cc(C(=C)C)cc(C(C)(C)C)c3)o2)cc1. The summed E-state index contributed by atoms with van der Waals surface area (Å²) in [7, 11) is 0. The van der Waals surface area contributed by atoms with Gasteiger partial charge >= 0.3 is 12.0 Å². The lowest BCUT2D eigenvalue weighted by atomic mass is 9.84. The molecule has 2 amide bonds. The molecule has 0 aliphatic carbocycles. The van der Waals surface area contributed by atoms with Crippen molar-refractivity contribution in [2.45, 2.75) is 39.7 Å². The number of carbonyl (C=O) groups excluding carboxylic acids is 1. The largest absolute Gasteiger partial charge is 0.403 e. The second-order valence-electron chi connectivity index (χ2n) is 8.92. The summed E-state index contributed by atoms with van der Waals surface area (Å²) < 4.78 is 5.87. The van der Waals surface area contributed by atoms with E-state index >= 15 is 0 Å². The lowest BCUT2D eigenvalue weighted by Crippen LogP contribution is -2.28. The number of nitrogens with zero attached hydrogens (tertiary/aromatic N) is 2. The zero-order chi connectivity index (χ0) is 24.0. The number of rotatable bonds is 8. The molecule has 0 radical (unpaired) electrons. The van der Waals surface area contributed by atoms with Crippen molar-refractivity contribution >= 4 is 23.3 Å². The molecular weight excluding hydrogens is 414 g/mol. The topological polar surface area (TPSA) is 92.1 Å². The maximum atomic E-state index is 11.7. The van der Waals surface area contributed by atoms with Gasteiger partial charge in [-0.3, -0.25) is 0 Å². The Hall–Kier alpha value is -3.87. The predicted octanol–water partition coefficient (Wildman–Crippen LogP) is 5.99. The molecule has 7 heteroatoms. The van der Waals surface area contributed by atoms with E-state index in [2.05, 4.69) is 72.2 Å². The lowest BCUT2D eigenvalue weighted by Gasteiger charge is -2.21. The van der Waals surface area contributed by atoms with Gasteiger partial charge in [0.05, 0.1) is 0 Å². The van der Waals surface area contributed by atoms with Crippen LogP contribution in [0.25, 0.3) is 17.0 Å². The van der Waals surface area contributed by atoms with Crippen molar-refractivity contribution in [2.75, 3.05) is 17.2 Å². The minimum Gasteiger partial charge on any atom is -0.403 e. The van der Waals surface area contributed by atoms with Crippen LogP contribution in [-0.4, -0.2) is 22.8 Å². The first-order chi connectivity index (χ1) is 15.7. The molecule has 0 unspecified atom stereocenters. The van der Waals surface area contributed by atoms with E-state index in [1.807, 2.05) is 37.3 Å². The van der Waals surface area contributed by atoms with Gasteiger partial charge in [0.2, 0.25) is 5.89 Å². The Morgan fingerprint density at radius 3 is 2.48 bits per heavy atom. The van der Waals surface area contributed by atoms with Crippen LogP contribution in [0.4, 0.5) is 16.5 Å². The highest BCUT2D eigenvalue weighted by Gasteiger charge is 2.18. The molecule has 1 heterocycles. The standard InChI is InChI=1S/C26H31N5O2/c1-7-12-27-24(32)29-22-10-8-18(9-11-22)16-28-25-31-30-23(33-25)20-13-19(17(2)3)14-21(15-20)26(4,5)6/h7-11,13-15H,1-2,12,16H2,3-6H3,(H,28,31)(H2,27,29,32). The number of nitrogens with one attached hydrogen (secondary N) is 3. The summed E-state index contributed by atoms with van der Waals surface area (Å²) in [5, 5.41) is 16.9. The Labute approximate surface area is 195 Å². The van der Waals surface area contributed by atoms with Gasteiger partial charge < -0.3 is 20.4 Å². The van der Waals surface area contributed by atoms with Crippen molar-refractivity contribution in [1.29, 1.82) is 0 Å². The molecule has 2 aromatic carbocycles. The fraction of sp³-hybridized carbons (Fsp3) is 0.269. The van der Waals surface area contributed by atoms with Crippen molar-refractivity contribution in [2.24, 2.45) is 0 Å². The van der Waals surface area contributed by atoms with Gasteiger partial charge in [-0.05, 0) is 53.3 Å². The molecule has 172 valence electrons. The fourth-order valence-corrected chi connectivity index (χ4v) is 3.07. The molecular formula is C26H31N5O2. The average Bonchev–Trinajstić information content (AvgIpc) is 3.25. The van der Waals surface area contributed by atoms with Crippen LogP contribution < -0.4 is 16.0 Å². The fourth-order valence-electron chi connectivity index (χ4n) is 3.07. The number of hydrogen-bond donors (Lipinski definition) is 3. The van der Waals surface area contributed by atoms with Crippen molar-refractivity contribution < 1.29 is 9.21 Å². The normalized spacial score (nSPS) is 11.0. The summed E-state index contributed by atoms with van der Waals surface area (Å²) in [6.07, 6.45) is 1.62. The molecule has 0 saturated heterocycles. The number of allylic oxidation sites excluding steroid dienone is 1. The monoisotopic (exact) mass is 445 g/mol. The van der Waals surface area contributed by atoms with E-state index in [0.717, 1.165) is 22.3 Å². The molecule has 3 rings (SSSR count). The Morgan fingerprint density at radius 1 is 1.12 bits per heavy atom. The van der Waals surface area contributed by atoms with Gasteiger partial charge in [0.1, 0.15) is 0 Å². The van der Waals surface area contributed by atoms with Crippen molar-refractivity contribution in [3.63, 3.8) is 0 Å². The van der Waals surface area contributed by atoms with Crippen LogP contribution >= 0.6 is 0 Å². The van der Waals surface area contributed by atoms with Crippen LogP contribution in [0.1, 0.15) is 44.4 Å². The van der Waals surface area contributed by atoms with Crippen LogP contribution in [0.15, 0.2) is 66.1 Å². The Morgan fingerprint density at radius 2 is 1.85 bits per heavy atom. The van der Waals surface area contributed by atoms with Crippen LogP contribution in [0.3, 0.4) is 0 Å². The van der Waals surface area contributed by atoms with Gasteiger partial charge in [-0.25, -0.2) is 4.79 Å². The van der Waals surface area contributed by atoms with Gasteiger partial charge in [0.15, 0.2) is 0 Å².